The second-order valence-electron chi connectivity index (χ2n) is 6.28. The Hall–Kier alpha value is -2.63. The lowest BCUT2D eigenvalue weighted by molar-refractivity contribution is -0.133. The summed E-state index contributed by atoms with van der Waals surface area (Å²) < 4.78 is 1.25. The molecule has 0 aliphatic heterocycles. The summed E-state index contributed by atoms with van der Waals surface area (Å²) in [6.07, 6.45) is 4.12. The fourth-order valence-electron chi connectivity index (χ4n) is 3.38. The topological polar surface area (TPSA) is 81.2 Å². The summed E-state index contributed by atoms with van der Waals surface area (Å²) in [5.41, 5.74) is 7.39. The first-order chi connectivity index (χ1) is 11.6. The Morgan fingerprint density at radius 3 is 2.58 bits per heavy atom. The molecule has 0 saturated heterocycles. The van der Waals surface area contributed by atoms with Crippen LogP contribution >= 0.6 is 0 Å². The maximum Gasteiger partial charge on any atom is 0.339 e. The first-order valence-corrected chi connectivity index (χ1v) is 8.21. The number of primary amides is 1. The largest absolute Gasteiger partial charge is 0.350 e. The monoisotopic (exact) mass is 326 g/mol. The Morgan fingerprint density at radius 1 is 1.25 bits per heavy atom. The van der Waals surface area contributed by atoms with E-state index in [0.29, 0.717) is 6.54 Å². The summed E-state index contributed by atoms with van der Waals surface area (Å²) in [5.74, 6) is 0.321. The molecule has 0 bridgehead atoms. The highest BCUT2D eigenvalue weighted by Gasteiger charge is 2.37. The number of hydrogen-bond donors (Lipinski definition) is 1. The van der Waals surface area contributed by atoms with E-state index in [1.54, 1.807) is 13.1 Å². The minimum Gasteiger partial charge on any atom is -0.350 e. The first kappa shape index (κ1) is 16.2. The van der Waals surface area contributed by atoms with Crippen LogP contribution in [0.25, 0.3) is 0 Å². The predicted octanol–water partition coefficient (Wildman–Crippen LogP) is 2.15. The van der Waals surface area contributed by atoms with Crippen LogP contribution in [-0.2, 0) is 11.2 Å². The maximum absolute atomic E-state index is 12.0. The number of benzene rings is 1. The van der Waals surface area contributed by atoms with Gasteiger partial charge in [0.25, 0.3) is 0 Å². The molecule has 0 spiro atoms. The Labute approximate surface area is 141 Å². The molecule has 126 valence electrons. The molecule has 1 saturated carbocycles. The molecule has 2 N–H and O–H groups in total. The van der Waals surface area contributed by atoms with Crippen LogP contribution in [0.3, 0.4) is 0 Å². The van der Waals surface area contributed by atoms with Crippen molar-refractivity contribution in [2.75, 3.05) is 6.54 Å². The van der Waals surface area contributed by atoms with Crippen molar-refractivity contribution in [3.63, 3.8) is 0 Å². The third-order valence-corrected chi connectivity index (χ3v) is 4.74. The molecular weight excluding hydrogens is 304 g/mol. The van der Waals surface area contributed by atoms with Gasteiger partial charge in [-0.25, -0.2) is 4.79 Å². The highest BCUT2D eigenvalue weighted by atomic mass is 16.2. The number of nitrogens with zero attached hydrogens (tertiary/aromatic N) is 3. The van der Waals surface area contributed by atoms with E-state index in [1.807, 2.05) is 29.2 Å². The number of nitrogens with two attached hydrogens (primary N) is 1. The molecule has 2 amide bonds. The van der Waals surface area contributed by atoms with Crippen molar-refractivity contribution >= 4 is 11.9 Å². The second-order valence-corrected chi connectivity index (χ2v) is 6.28. The van der Waals surface area contributed by atoms with E-state index in [9.17, 15) is 9.59 Å². The Bertz CT molecular complexity index is 720. The summed E-state index contributed by atoms with van der Waals surface area (Å²) >= 11 is 0. The summed E-state index contributed by atoms with van der Waals surface area (Å²) in [6.45, 7) is 2.33. The molecule has 24 heavy (non-hydrogen) atoms. The smallest absolute Gasteiger partial charge is 0.339 e. The van der Waals surface area contributed by atoms with E-state index in [4.69, 9.17) is 5.73 Å². The molecule has 6 heteroatoms. The van der Waals surface area contributed by atoms with Gasteiger partial charge < -0.3 is 10.6 Å². The lowest BCUT2D eigenvalue weighted by Gasteiger charge is -2.42. The van der Waals surface area contributed by atoms with Gasteiger partial charge in [0.05, 0.1) is 5.69 Å². The number of rotatable bonds is 5. The SMILES string of the molecule is CC(=O)N(CCc1ccccc1)C1CC(c2ccnn2C(N)=O)C1. The summed E-state index contributed by atoms with van der Waals surface area (Å²) in [4.78, 5) is 25.3. The molecule has 3 rings (SSSR count). The van der Waals surface area contributed by atoms with Gasteiger partial charge >= 0.3 is 6.03 Å². The molecule has 2 aromatic rings. The van der Waals surface area contributed by atoms with Gasteiger partial charge in [-0.15, -0.1) is 0 Å². The van der Waals surface area contributed by atoms with Crippen LogP contribution in [0.15, 0.2) is 42.6 Å². The fraction of sp³-hybridized carbons (Fsp3) is 0.389. The molecule has 1 aliphatic carbocycles. The average molecular weight is 326 g/mol. The van der Waals surface area contributed by atoms with Crippen molar-refractivity contribution in [3.05, 3.63) is 53.9 Å². The molecule has 1 aromatic carbocycles. The molecule has 1 heterocycles. The lowest BCUT2D eigenvalue weighted by atomic mass is 9.77. The third-order valence-electron chi connectivity index (χ3n) is 4.74. The van der Waals surface area contributed by atoms with E-state index in [2.05, 4.69) is 17.2 Å². The van der Waals surface area contributed by atoms with Crippen LogP contribution < -0.4 is 5.73 Å². The van der Waals surface area contributed by atoms with E-state index < -0.39 is 6.03 Å². The van der Waals surface area contributed by atoms with Crippen LogP contribution in [0.5, 0.6) is 0 Å². The van der Waals surface area contributed by atoms with Gasteiger partial charge in [0.1, 0.15) is 0 Å². The van der Waals surface area contributed by atoms with Crippen LogP contribution in [0.1, 0.15) is 36.9 Å². The molecular formula is C18H22N4O2. The van der Waals surface area contributed by atoms with Crippen molar-refractivity contribution in [1.82, 2.24) is 14.7 Å². The molecule has 0 atom stereocenters. The highest BCUT2D eigenvalue weighted by molar-refractivity contribution is 5.75. The van der Waals surface area contributed by atoms with Crippen molar-refractivity contribution in [2.45, 2.75) is 38.1 Å². The van der Waals surface area contributed by atoms with Gasteiger partial charge in [0, 0.05) is 31.6 Å². The van der Waals surface area contributed by atoms with Gasteiger partial charge in [-0.3, -0.25) is 4.79 Å². The lowest BCUT2D eigenvalue weighted by Crippen LogP contribution is -2.47. The second kappa shape index (κ2) is 6.86. The van der Waals surface area contributed by atoms with Crippen molar-refractivity contribution in [1.29, 1.82) is 0 Å². The number of carbonyl (C=O) groups excluding carboxylic acids is 2. The Balaban J connectivity index is 1.60. The summed E-state index contributed by atoms with van der Waals surface area (Å²) in [6, 6.07) is 11.6. The quantitative estimate of drug-likeness (QED) is 0.914. The Morgan fingerprint density at radius 2 is 1.96 bits per heavy atom. The summed E-state index contributed by atoms with van der Waals surface area (Å²) in [7, 11) is 0. The maximum atomic E-state index is 12.0. The molecule has 0 unspecified atom stereocenters. The Kier molecular flexibility index (Phi) is 4.64. The van der Waals surface area contributed by atoms with Crippen LogP contribution in [0, 0.1) is 0 Å². The number of hydrogen-bond acceptors (Lipinski definition) is 3. The normalized spacial score (nSPS) is 19.5. The zero-order valence-corrected chi connectivity index (χ0v) is 13.8. The minimum absolute atomic E-state index is 0.0952. The van der Waals surface area contributed by atoms with Crippen molar-refractivity contribution in [2.24, 2.45) is 5.73 Å². The number of aromatic nitrogens is 2. The highest BCUT2D eigenvalue weighted by Crippen LogP contribution is 2.39. The molecule has 1 fully saturated rings. The van der Waals surface area contributed by atoms with Gasteiger partial charge in [-0.1, -0.05) is 30.3 Å². The number of amides is 2. The van der Waals surface area contributed by atoms with E-state index in [1.165, 1.54) is 10.2 Å². The van der Waals surface area contributed by atoms with Gasteiger partial charge in [0.2, 0.25) is 5.91 Å². The first-order valence-electron chi connectivity index (χ1n) is 8.21. The predicted molar refractivity (Wildman–Crippen MR) is 90.5 cm³/mol. The van der Waals surface area contributed by atoms with Gasteiger partial charge in [-0.05, 0) is 30.9 Å². The van der Waals surface area contributed by atoms with E-state index in [-0.39, 0.29) is 17.9 Å². The molecule has 1 aliphatic rings. The summed E-state index contributed by atoms with van der Waals surface area (Å²) in [5, 5.41) is 3.96. The fourth-order valence-corrected chi connectivity index (χ4v) is 3.38. The average Bonchev–Trinajstić information content (AvgIpc) is 2.99. The van der Waals surface area contributed by atoms with Crippen LogP contribution in [0.4, 0.5) is 4.79 Å². The molecule has 1 aromatic heterocycles. The third kappa shape index (κ3) is 3.32. The van der Waals surface area contributed by atoms with Gasteiger partial charge in [-0.2, -0.15) is 9.78 Å². The van der Waals surface area contributed by atoms with E-state index >= 15 is 0 Å². The van der Waals surface area contributed by atoms with Crippen molar-refractivity contribution in [3.8, 4) is 0 Å². The van der Waals surface area contributed by atoms with Crippen LogP contribution in [0.2, 0.25) is 0 Å². The standard InChI is InChI=1S/C18H22N4O2/c1-13(23)21(10-8-14-5-3-2-4-6-14)16-11-15(12-16)17-7-9-20-22(17)18(19)24/h2-7,9,15-16H,8,10-12H2,1H3,(H2,19,24). The van der Waals surface area contributed by atoms with Crippen LogP contribution in [-0.4, -0.2) is 39.2 Å². The molecule has 0 radical (unpaired) electrons. The number of carbonyl (C=O) groups is 2. The molecule has 6 nitrogen and oxygen atoms in total. The minimum atomic E-state index is -0.564. The zero-order valence-electron chi connectivity index (χ0n) is 13.8. The van der Waals surface area contributed by atoms with Crippen molar-refractivity contribution < 1.29 is 9.59 Å². The van der Waals surface area contributed by atoms with Gasteiger partial charge in [0.15, 0.2) is 0 Å². The van der Waals surface area contributed by atoms with E-state index in [0.717, 1.165) is 25.0 Å². The zero-order chi connectivity index (χ0) is 17.1.